The van der Waals surface area contributed by atoms with E-state index in [0.29, 0.717) is 13.2 Å². The van der Waals surface area contributed by atoms with Crippen LogP contribution in [0, 0.1) is 0 Å². The monoisotopic (exact) mass is 200 g/mol. The minimum absolute atomic E-state index is 0.114. The SMILES string of the molecule is CCCCOC(=O)N1C(=O)NCC1C. The number of amides is 3. The lowest BCUT2D eigenvalue weighted by atomic mass is 10.3. The molecule has 1 N–H and O–H groups in total. The molecule has 5 nitrogen and oxygen atoms in total. The number of carbonyl (C=O) groups is 2. The largest absolute Gasteiger partial charge is 0.449 e. The Kier molecular flexibility index (Phi) is 3.73. The van der Waals surface area contributed by atoms with Gasteiger partial charge >= 0.3 is 12.1 Å². The molecule has 0 aromatic carbocycles. The lowest BCUT2D eigenvalue weighted by Gasteiger charge is -2.16. The molecule has 5 heteroatoms. The Hall–Kier alpha value is -1.26. The van der Waals surface area contributed by atoms with Gasteiger partial charge in [-0.15, -0.1) is 0 Å². The third-order valence-corrected chi connectivity index (χ3v) is 2.13. The van der Waals surface area contributed by atoms with Gasteiger partial charge in [0.25, 0.3) is 0 Å². The van der Waals surface area contributed by atoms with Crippen LogP contribution in [-0.4, -0.2) is 36.2 Å². The van der Waals surface area contributed by atoms with Crippen LogP contribution in [0.5, 0.6) is 0 Å². The molecular formula is C9H16N2O3. The van der Waals surface area contributed by atoms with E-state index in [9.17, 15) is 9.59 Å². The molecule has 1 aliphatic rings. The first-order valence-electron chi connectivity index (χ1n) is 4.90. The van der Waals surface area contributed by atoms with Crippen molar-refractivity contribution in [2.75, 3.05) is 13.2 Å². The van der Waals surface area contributed by atoms with Crippen LogP contribution in [0.1, 0.15) is 26.7 Å². The fourth-order valence-electron chi connectivity index (χ4n) is 1.25. The van der Waals surface area contributed by atoms with Crippen molar-refractivity contribution in [3.05, 3.63) is 0 Å². The van der Waals surface area contributed by atoms with Crippen molar-refractivity contribution >= 4 is 12.1 Å². The van der Waals surface area contributed by atoms with Gasteiger partial charge in [-0.3, -0.25) is 0 Å². The molecule has 0 bridgehead atoms. The molecule has 14 heavy (non-hydrogen) atoms. The average molecular weight is 200 g/mol. The van der Waals surface area contributed by atoms with Gasteiger partial charge in [0.15, 0.2) is 0 Å². The molecule has 80 valence electrons. The fourth-order valence-corrected chi connectivity index (χ4v) is 1.25. The molecule has 1 atom stereocenters. The number of carbonyl (C=O) groups excluding carboxylic acids is 2. The molecular weight excluding hydrogens is 184 g/mol. The maximum atomic E-state index is 11.4. The van der Waals surface area contributed by atoms with Crippen LogP contribution >= 0.6 is 0 Å². The average Bonchev–Trinajstić information content (AvgIpc) is 2.46. The lowest BCUT2D eigenvalue weighted by Crippen LogP contribution is -2.38. The third kappa shape index (κ3) is 2.37. The first-order valence-corrected chi connectivity index (χ1v) is 4.90. The summed E-state index contributed by atoms with van der Waals surface area (Å²) in [4.78, 5) is 23.7. The summed E-state index contributed by atoms with van der Waals surface area (Å²) < 4.78 is 4.93. The van der Waals surface area contributed by atoms with Crippen molar-refractivity contribution < 1.29 is 14.3 Å². The number of imide groups is 1. The van der Waals surface area contributed by atoms with E-state index in [1.165, 1.54) is 0 Å². The topological polar surface area (TPSA) is 58.6 Å². The van der Waals surface area contributed by atoms with E-state index < -0.39 is 6.09 Å². The molecule has 3 amide bonds. The molecule has 0 spiro atoms. The van der Waals surface area contributed by atoms with Crippen LogP contribution < -0.4 is 5.32 Å². The Morgan fingerprint density at radius 2 is 2.43 bits per heavy atom. The van der Waals surface area contributed by atoms with Crippen molar-refractivity contribution in [2.24, 2.45) is 0 Å². The quantitative estimate of drug-likeness (QED) is 0.699. The van der Waals surface area contributed by atoms with Gasteiger partial charge in [0.2, 0.25) is 0 Å². The van der Waals surface area contributed by atoms with Gasteiger partial charge in [0.05, 0.1) is 12.6 Å². The third-order valence-electron chi connectivity index (χ3n) is 2.13. The first kappa shape index (κ1) is 10.8. The van der Waals surface area contributed by atoms with Crippen LogP contribution in [-0.2, 0) is 4.74 Å². The zero-order valence-electron chi connectivity index (χ0n) is 8.58. The number of nitrogens with one attached hydrogen (secondary N) is 1. The van der Waals surface area contributed by atoms with Crippen LogP contribution in [0.4, 0.5) is 9.59 Å². The molecule has 0 aliphatic carbocycles. The second-order valence-electron chi connectivity index (χ2n) is 3.37. The van der Waals surface area contributed by atoms with Crippen molar-refractivity contribution in [3.8, 4) is 0 Å². The van der Waals surface area contributed by atoms with Crippen LogP contribution in [0.15, 0.2) is 0 Å². The number of hydrogen-bond donors (Lipinski definition) is 1. The maximum absolute atomic E-state index is 11.4. The van der Waals surface area contributed by atoms with E-state index in [1.54, 1.807) is 6.92 Å². The summed E-state index contributed by atoms with van der Waals surface area (Å²) in [5, 5.41) is 2.58. The van der Waals surface area contributed by atoms with Crippen molar-refractivity contribution in [2.45, 2.75) is 32.7 Å². The highest BCUT2D eigenvalue weighted by atomic mass is 16.6. The Labute approximate surface area is 83.4 Å². The van der Waals surface area contributed by atoms with Crippen molar-refractivity contribution in [1.82, 2.24) is 10.2 Å². The molecule has 0 saturated carbocycles. The summed E-state index contributed by atoms with van der Waals surface area (Å²) in [6.45, 7) is 4.70. The highest BCUT2D eigenvalue weighted by Gasteiger charge is 2.33. The standard InChI is InChI=1S/C9H16N2O3/c1-3-4-5-14-9(13)11-7(2)6-10-8(11)12/h7H,3-6H2,1-2H3,(H,10,12). The van der Waals surface area contributed by atoms with E-state index in [-0.39, 0.29) is 12.1 Å². The Morgan fingerprint density at radius 3 is 2.93 bits per heavy atom. The Balaban J connectivity index is 2.39. The number of nitrogens with zero attached hydrogens (tertiary/aromatic N) is 1. The van der Waals surface area contributed by atoms with Crippen molar-refractivity contribution in [3.63, 3.8) is 0 Å². The minimum atomic E-state index is -0.541. The fraction of sp³-hybridized carbons (Fsp3) is 0.778. The number of unbranched alkanes of at least 4 members (excludes halogenated alkanes) is 1. The molecule has 1 rings (SSSR count). The summed E-state index contributed by atoms with van der Waals surface area (Å²) in [5.41, 5.74) is 0. The zero-order valence-corrected chi connectivity index (χ0v) is 8.58. The van der Waals surface area contributed by atoms with E-state index in [1.807, 2.05) is 6.92 Å². The van der Waals surface area contributed by atoms with Crippen molar-refractivity contribution in [1.29, 1.82) is 0 Å². The van der Waals surface area contributed by atoms with Gasteiger partial charge in [-0.25, -0.2) is 14.5 Å². The van der Waals surface area contributed by atoms with Crippen LogP contribution in [0.25, 0.3) is 0 Å². The summed E-state index contributed by atoms with van der Waals surface area (Å²) in [7, 11) is 0. The minimum Gasteiger partial charge on any atom is -0.449 e. The summed E-state index contributed by atoms with van der Waals surface area (Å²) in [6, 6.07) is -0.476. The molecule has 1 saturated heterocycles. The van der Waals surface area contributed by atoms with E-state index in [0.717, 1.165) is 17.7 Å². The molecule has 0 aromatic rings. The number of ether oxygens (including phenoxy) is 1. The second kappa shape index (κ2) is 4.83. The van der Waals surface area contributed by atoms with Gasteiger partial charge in [-0.1, -0.05) is 13.3 Å². The summed E-state index contributed by atoms with van der Waals surface area (Å²) in [5.74, 6) is 0. The van der Waals surface area contributed by atoms with Gasteiger partial charge in [-0.2, -0.15) is 0 Å². The van der Waals surface area contributed by atoms with Gasteiger partial charge in [0, 0.05) is 6.54 Å². The second-order valence-corrected chi connectivity index (χ2v) is 3.37. The van der Waals surface area contributed by atoms with Gasteiger partial charge in [0.1, 0.15) is 0 Å². The molecule has 1 unspecified atom stereocenters. The number of hydrogen-bond acceptors (Lipinski definition) is 3. The number of urea groups is 1. The molecule has 0 aromatic heterocycles. The van der Waals surface area contributed by atoms with E-state index in [2.05, 4.69) is 5.32 Å². The highest BCUT2D eigenvalue weighted by molar-refractivity contribution is 5.92. The normalized spacial score (nSPS) is 20.9. The Morgan fingerprint density at radius 1 is 1.71 bits per heavy atom. The molecule has 1 heterocycles. The first-order chi connectivity index (χ1) is 6.66. The molecule has 0 radical (unpaired) electrons. The molecule has 1 aliphatic heterocycles. The summed E-state index contributed by atoms with van der Waals surface area (Å²) >= 11 is 0. The highest BCUT2D eigenvalue weighted by Crippen LogP contribution is 2.08. The number of rotatable bonds is 3. The molecule has 1 fully saturated rings. The Bertz CT molecular complexity index is 230. The van der Waals surface area contributed by atoms with Crippen LogP contribution in [0.2, 0.25) is 0 Å². The predicted molar refractivity (Wildman–Crippen MR) is 51.0 cm³/mol. The van der Waals surface area contributed by atoms with Gasteiger partial charge in [-0.05, 0) is 13.3 Å². The van der Waals surface area contributed by atoms with Gasteiger partial charge < -0.3 is 10.1 Å². The predicted octanol–water partition coefficient (Wildman–Crippen LogP) is 1.34. The smallest absolute Gasteiger partial charge is 0.418 e. The summed E-state index contributed by atoms with van der Waals surface area (Å²) in [6.07, 6.45) is 1.26. The van der Waals surface area contributed by atoms with E-state index >= 15 is 0 Å². The maximum Gasteiger partial charge on any atom is 0.418 e. The van der Waals surface area contributed by atoms with Crippen LogP contribution in [0.3, 0.4) is 0 Å². The lowest BCUT2D eigenvalue weighted by molar-refractivity contribution is 0.107. The zero-order chi connectivity index (χ0) is 10.6. The van der Waals surface area contributed by atoms with E-state index in [4.69, 9.17) is 4.74 Å².